The molecule has 3 heterocycles. The van der Waals surface area contributed by atoms with E-state index in [9.17, 15) is 4.79 Å². The van der Waals surface area contributed by atoms with Crippen molar-refractivity contribution in [1.29, 1.82) is 5.41 Å². The Balaban J connectivity index is 1.80. The van der Waals surface area contributed by atoms with Crippen LogP contribution in [-0.2, 0) is 4.79 Å². The van der Waals surface area contributed by atoms with Crippen molar-refractivity contribution in [2.45, 2.75) is 25.7 Å². The van der Waals surface area contributed by atoms with Gasteiger partial charge < -0.3 is 20.4 Å². The van der Waals surface area contributed by atoms with Gasteiger partial charge in [0.05, 0.1) is 17.5 Å². The number of carbonyl (C=O) groups excluding carboxylic acids is 1. The van der Waals surface area contributed by atoms with E-state index in [1.54, 1.807) is 18.4 Å². The number of aromatic amines is 1. The van der Waals surface area contributed by atoms with Crippen LogP contribution in [0.5, 0.6) is 5.75 Å². The van der Waals surface area contributed by atoms with Gasteiger partial charge in [-0.05, 0) is 55.0 Å². The number of piperidine rings is 1. The Morgan fingerprint density at radius 1 is 1.41 bits per heavy atom. The molecule has 8 heteroatoms. The van der Waals surface area contributed by atoms with E-state index < -0.39 is 0 Å². The number of hydrogen-bond acceptors (Lipinski definition) is 4. The number of benzene rings is 1. The summed E-state index contributed by atoms with van der Waals surface area (Å²) in [6.07, 6.45) is 4.22. The van der Waals surface area contributed by atoms with E-state index in [1.807, 2.05) is 17.9 Å². The number of nitrogens with two attached hydrogens (primary N) is 1. The first-order valence-corrected chi connectivity index (χ1v) is 11.3. The molecule has 1 amide bonds. The number of nitrogens with one attached hydrogen (secondary N) is 2. The smallest absolute Gasteiger partial charge is 0.245 e. The number of methoxy groups -OCH3 is 1. The third-order valence-corrected chi connectivity index (χ3v) is 7.06. The predicted molar refractivity (Wildman–Crippen MR) is 131 cm³/mol. The van der Waals surface area contributed by atoms with Gasteiger partial charge in [-0.15, -0.1) is 11.3 Å². The number of amidine groups is 1. The number of nitrogens with zero attached hydrogens (tertiary/aromatic N) is 2. The summed E-state index contributed by atoms with van der Waals surface area (Å²) < 4.78 is 6.67. The molecule has 1 aliphatic rings. The normalized spacial score (nSPS) is 16.9. The second kappa shape index (κ2) is 9.00. The Bertz CT molecular complexity index is 1220. The van der Waals surface area contributed by atoms with Gasteiger partial charge in [-0.2, -0.15) is 0 Å². The summed E-state index contributed by atoms with van der Waals surface area (Å²) in [7, 11) is 1.68. The van der Waals surface area contributed by atoms with Crippen LogP contribution < -0.4 is 10.5 Å². The lowest BCUT2D eigenvalue weighted by molar-refractivity contribution is -0.127. The van der Waals surface area contributed by atoms with Gasteiger partial charge >= 0.3 is 0 Å². The maximum Gasteiger partial charge on any atom is 0.245 e. The molecule has 7 nitrogen and oxygen atoms in total. The number of fused-ring (bicyclic) bond motifs is 1. The van der Waals surface area contributed by atoms with E-state index in [2.05, 4.69) is 34.8 Å². The van der Waals surface area contributed by atoms with E-state index in [-0.39, 0.29) is 17.7 Å². The van der Waals surface area contributed by atoms with Crippen molar-refractivity contribution in [3.63, 3.8) is 0 Å². The van der Waals surface area contributed by atoms with Crippen molar-refractivity contribution < 1.29 is 9.53 Å². The first-order chi connectivity index (χ1) is 15.4. The lowest BCUT2D eigenvalue weighted by Gasteiger charge is -2.31. The third kappa shape index (κ3) is 4.05. The molecular formula is C24H27N5O2S. The van der Waals surface area contributed by atoms with Gasteiger partial charge in [0.15, 0.2) is 0 Å². The molecule has 0 spiro atoms. The van der Waals surface area contributed by atoms with Crippen LogP contribution in [0.3, 0.4) is 0 Å². The van der Waals surface area contributed by atoms with Crippen LogP contribution in [0.2, 0.25) is 0 Å². The average molecular weight is 450 g/mol. The number of aryl methyl sites for hydroxylation is 1. The van der Waals surface area contributed by atoms with E-state index in [4.69, 9.17) is 15.9 Å². The van der Waals surface area contributed by atoms with Gasteiger partial charge in [-0.1, -0.05) is 12.6 Å². The van der Waals surface area contributed by atoms with Crippen LogP contribution in [0.4, 0.5) is 0 Å². The van der Waals surface area contributed by atoms with Gasteiger partial charge in [0.1, 0.15) is 17.9 Å². The molecule has 1 aliphatic heterocycles. The second-order valence-corrected chi connectivity index (χ2v) is 9.03. The highest BCUT2D eigenvalue weighted by atomic mass is 32.1. The standard InChI is InChI=1S/C24H27N5O2S/c1-4-21(30)29-7-5-6-15(12-29)18-11-17(22(28-18)24(26)27-13-25)20-10-16-8-14(2)9-19(31-3)23(16)32-20/h4,8-11,13,15,28H,1,5-7,12H2,2-3H3,(H3,25,26,27)/t15-/m0/s1. The molecule has 1 saturated heterocycles. The average Bonchev–Trinajstić information content (AvgIpc) is 3.42. The number of aliphatic imine (C=N–C) groups is 1. The molecule has 3 aromatic rings. The zero-order chi connectivity index (χ0) is 22.8. The van der Waals surface area contributed by atoms with Crippen molar-refractivity contribution in [1.82, 2.24) is 9.88 Å². The Hall–Kier alpha value is -3.39. The van der Waals surface area contributed by atoms with Gasteiger partial charge in [0.2, 0.25) is 5.91 Å². The van der Waals surface area contributed by atoms with Crippen molar-refractivity contribution in [2.75, 3.05) is 20.2 Å². The monoisotopic (exact) mass is 449 g/mol. The maximum atomic E-state index is 12.1. The van der Waals surface area contributed by atoms with Crippen LogP contribution in [-0.4, -0.2) is 48.2 Å². The SMILES string of the molecule is C=CC(=O)N1CCC[C@H](c2cc(-c3cc4cc(C)cc(OC)c4s3)c(C(N)=NC=N)[nH]2)C1. The molecule has 0 unspecified atom stereocenters. The fourth-order valence-corrected chi connectivity index (χ4v) is 5.49. The lowest BCUT2D eigenvalue weighted by atomic mass is 9.94. The minimum Gasteiger partial charge on any atom is -0.495 e. The lowest BCUT2D eigenvalue weighted by Crippen LogP contribution is -2.38. The van der Waals surface area contributed by atoms with Crippen molar-refractivity contribution in [3.05, 3.63) is 53.9 Å². The first-order valence-electron chi connectivity index (χ1n) is 10.5. The van der Waals surface area contributed by atoms with Gasteiger partial charge in [0, 0.05) is 35.1 Å². The molecule has 32 heavy (non-hydrogen) atoms. The second-order valence-electron chi connectivity index (χ2n) is 7.98. The molecule has 166 valence electrons. The van der Waals surface area contributed by atoms with E-state index in [0.29, 0.717) is 12.2 Å². The van der Waals surface area contributed by atoms with E-state index in [0.717, 1.165) is 63.3 Å². The molecule has 1 fully saturated rings. The van der Waals surface area contributed by atoms with Crippen molar-refractivity contribution in [2.24, 2.45) is 10.7 Å². The number of H-pyrrole nitrogens is 1. The van der Waals surface area contributed by atoms with Crippen molar-refractivity contribution >= 4 is 39.5 Å². The summed E-state index contributed by atoms with van der Waals surface area (Å²) in [5, 5.41) is 8.46. The zero-order valence-electron chi connectivity index (χ0n) is 18.3. The highest BCUT2D eigenvalue weighted by Crippen LogP contribution is 2.41. The molecule has 4 N–H and O–H groups in total. The number of amides is 1. The zero-order valence-corrected chi connectivity index (χ0v) is 19.1. The summed E-state index contributed by atoms with van der Waals surface area (Å²) >= 11 is 1.64. The topological polar surface area (TPSA) is 108 Å². The minimum absolute atomic E-state index is 0.0430. The number of rotatable bonds is 6. The van der Waals surface area contributed by atoms with Gasteiger partial charge in [-0.25, -0.2) is 4.99 Å². The summed E-state index contributed by atoms with van der Waals surface area (Å²) in [6, 6.07) is 8.42. The quantitative estimate of drug-likeness (QED) is 0.294. The Morgan fingerprint density at radius 3 is 2.94 bits per heavy atom. The fraction of sp³-hybridized carbons (Fsp3) is 0.292. The summed E-state index contributed by atoms with van der Waals surface area (Å²) in [5.74, 6) is 1.23. The minimum atomic E-state index is -0.0430. The van der Waals surface area contributed by atoms with Gasteiger partial charge in [-0.3, -0.25) is 10.2 Å². The third-order valence-electron chi connectivity index (χ3n) is 5.86. The highest BCUT2D eigenvalue weighted by molar-refractivity contribution is 7.22. The number of thiophene rings is 1. The maximum absolute atomic E-state index is 12.1. The number of aromatic nitrogens is 1. The number of ether oxygens (including phenoxy) is 1. The van der Waals surface area contributed by atoms with Crippen LogP contribution in [0.15, 0.2) is 41.9 Å². The largest absolute Gasteiger partial charge is 0.495 e. The van der Waals surface area contributed by atoms with Crippen molar-refractivity contribution in [3.8, 4) is 16.2 Å². The van der Waals surface area contributed by atoms with Crippen LogP contribution in [0, 0.1) is 12.3 Å². The Kier molecular flexibility index (Phi) is 6.14. The molecule has 0 saturated carbocycles. The summed E-state index contributed by atoms with van der Waals surface area (Å²) in [4.78, 5) is 22.5. The molecule has 0 bridgehead atoms. The molecule has 0 radical (unpaired) electrons. The molecule has 1 atom stereocenters. The molecule has 1 aromatic carbocycles. The number of hydrogen-bond donors (Lipinski definition) is 3. The summed E-state index contributed by atoms with van der Waals surface area (Å²) in [5.41, 5.74) is 10.0. The number of carbonyl (C=O) groups is 1. The Morgan fingerprint density at radius 2 is 2.22 bits per heavy atom. The van der Waals surface area contributed by atoms with Gasteiger partial charge in [0.25, 0.3) is 0 Å². The first kappa shape index (κ1) is 21.8. The molecular weight excluding hydrogens is 422 g/mol. The van der Waals surface area contributed by atoms with E-state index in [1.165, 1.54) is 6.08 Å². The summed E-state index contributed by atoms with van der Waals surface area (Å²) in [6.45, 7) is 7.04. The predicted octanol–water partition coefficient (Wildman–Crippen LogP) is 4.42. The molecule has 2 aromatic heterocycles. The molecule has 0 aliphatic carbocycles. The highest BCUT2D eigenvalue weighted by Gasteiger charge is 2.27. The van der Waals surface area contributed by atoms with Crippen LogP contribution in [0.25, 0.3) is 20.5 Å². The molecule has 4 rings (SSSR count). The van der Waals surface area contributed by atoms with E-state index >= 15 is 0 Å². The van der Waals surface area contributed by atoms with Crippen LogP contribution >= 0.6 is 11.3 Å². The van der Waals surface area contributed by atoms with Crippen LogP contribution in [0.1, 0.15) is 35.7 Å². The number of likely N-dealkylation sites (tertiary alicyclic amines) is 1. The fourth-order valence-electron chi connectivity index (χ4n) is 4.33. The Labute approximate surface area is 191 Å².